The molecule has 0 radical (unpaired) electrons. The lowest BCUT2D eigenvalue weighted by Gasteiger charge is -2.19. The first-order chi connectivity index (χ1) is 8.31. The number of benzene rings is 1. The number of methoxy groups -OCH3 is 1. The molecule has 0 saturated carbocycles. The van der Waals surface area contributed by atoms with Gasteiger partial charge in [0.2, 0.25) is 0 Å². The van der Waals surface area contributed by atoms with Gasteiger partial charge in [-0.15, -0.1) is 11.8 Å². The Bertz CT molecular complexity index is 427. The molecule has 5 heteroatoms. The first-order valence-corrected chi connectivity index (χ1v) is 6.58. The standard InChI is InChI=1S/C13H19NO3S/c1-13(2,3)17-12(15)8-18-11-7-9(16-4)5-6-10(11)14/h5-7H,8,14H2,1-4H3. The maximum absolute atomic E-state index is 11.6. The van der Waals surface area contributed by atoms with E-state index in [0.717, 1.165) is 10.6 Å². The fourth-order valence-corrected chi connectivity index (χ4v) is 2.04. The summed E-state index contributed by atoms with van der Waals surface area (Å²) in [6.07, 6.45) is 0. The Kier molecular flexibility index (Phi) is 4.90. The molecule has 1 aromatic carbocycles. The zero-order chi connectivity index (χ0) is 13.8. The Hall–Kier alpha value is -1.36. The Balaban J connectivity index is 2.60. The Labute approximate surface area is 112 Å². The Morgan fingerprint density at radius 3 is 2.61 bits per heavy atom. The number of ether oxygens (including phenoxy) is 2. The van der Waals surface area contributed by atoms with Gasteiger partial charge in [-0.1, -0.05) is 0 Å². The van der Waals surface area contributed by atoms with E-state index in [4.69, 9.17) is 15.2 Å². The number of carbonyl (C=O) groups is 1. The minimum atomic E-state index is -0.461. The molecule has 2 N–H and O–H groups in total. The summed E-state index contributed by atoms with van der Waals surface area (Å²) >= 11 is 1.35. The molecule has 0 aliphatic heterocycles. The maximum Gasteiger partial charge on any atom is 0.316 e. The molecule has 0 atom stereocenters. The highest BCUT2D eigenvalue weighted by Crippen LogP contribution is 2.29. The van der Waals surface area contributed by atoms with Crippen molar-refractivity contribution in [1.29, 1.82) is 0 Å². The molecule has 0 bridgehead atoms. The molecule has 0 amide bonds. The quantitative estimate of drug-likeness (QED) is 0.517. The van der Waals surface area contributed by atoms with Crippen LogP contribution in [0.5, 0.6) is 5.75 Å². The summed E-state index contributed by atoms with van der Waals surface area (Å²) in [6.45, 7) is 5.53. The molecule has 0 spiro atoms. The smallest absolute Gasteiger partial charge is 0.316 e. The fraction of sp³-hybridized carbons (Fsp3) is 0.462. The molecule has 18 heavy (non-hydrogen) atoms. The van der Waals surface area contributed by atoms with Gasteiger partial charge < -0.3 is 15.2 Å². The Morgan fingerprint density at radius 1 is 1.39 bits per heavy atom. The van der Waals surface area contributed by atoms with Crippen LogP contribution in [0.1, 0.15) is 20.8 Å². The highest BCUT2D eigenvalue weighted by molar-refractivity contribution is 8.00. The molecular formula is C13H19NO3S. The van der Waals surface area contributed by atoms with E-state index in [9.17, 15) is 4.79 Å². The van der Waals surface area contributed by atoms with Crippen LogP contribution in [-0.4, -0.2) is 24.4 Å². The van der Waals surface area contributed by atoms with E-state index in [-0.39, 0.29) is 11.7 Å². The average molecular weight is 269 g/mol. The summed E-state index contributed by atoms with van der Waals surface area (Å²) < 4.78 is 10.3. The predicted octanol–water partition coefficient (Wildman–Crippen LogP) is 2.71. The van der Waals surface area contributed by atoms with Gasteiger partial charge in [-0.3, -0.25) is 4.79 Å². The second-order valence-corrected chi connectivity index (χ2v) is 5.80. The number of nitrogens with two attached hydrogens (primary N) is 1. The summed E-state index contributed by atoms with van der Waals surface area (Å²) in [5.41, 5.74) is 6.00. The minimum absolute atomic E-state index is 0.231. The highest BCUT2D eigenvalue weighted by atomic mass is 32.2. The molecule has 0 aliphatic carbocycles. The van der Waals surface area contributed by atoms with Crippen LogP contribution in [0.2, 0.25) is 0 Å². The van der Waals surface area contributed by atoms with Gasteiger partial charge in [0.05, 0.1) is 12.9 Å². The van der Waals surface area contributed by atoms with Gasteiger partial charge in [-0.05, 0) is 39.0 Å². The van der Waals surface area contributed by atoms with Crippen LogP contribution in [0.25, 0.3) is 0 Å². The lowest BCUT2D eigenvalue weighted by atomic mass is 10.2. The first-order valence-electron chi connectivity index (χ1n) is 5.60. The van der Waals surface area contributed by atoms with Crippen molar-refractivity contribution < 1.29 is 14.3 Å². The second kappa shape index (κ2) is 6.00. The number of hydrogen-bond donors (Lipinski definition) is 1. The minimum Gasteiger partial charge on any atom is -0.497 e. The van der Waals surface area contributed by atoms with Crippen LogP contribution < -0.4 is 10.5 Å². The van der Waals surface area contributed by atoms with Crippen LogP contribution in [0.15, 0.2) is 23.1 Å². The normalized spacial score (nSPS) is 11.1. The SMILES string of the molecule is COc1ccc(N)c(SCC(=O)OC(C)(C)C)c1. The van der Waals surface area contributed by atoms with Gasteiger partial charge in [-0.25, -0.2) is 0 Å². The van der Waals surface area contributed by atoms with Gasteiger partial charge in [0.25, 0.3) is 0 Å². The van der Waals surface area contributed by atoms with E-state index in [1.165, 1.54) is 11.8 Å². The van der Waals surface area contributed by atoms with Gasteiger partial charge >= 0.3 is 5.97 Å². The maximum atomic E-state index is 11.6. The van der Waals surface area contributed by atoms with E-state index in [2.05, 4.69) is 0 Å². The van der Waals surface area contributed by atoms with Crippen molar-refractivity contribution in [3.63, 3.8) is 0 Å². The Morgan fingerprint density at radius 2 is 2.06 bits per heavy atom. The molecule has 0 heterocycles. The second-order valence-electron chi connectivity index (χ2n) is 4.78. The van der Waals surface area contributed by atoms with E-state index in [1.54, 1.807) is 19.2 Å². The van der Waals surface area contributed by atoms with Crippen LogP contribution in [-0.2, 0) is 9.53 Å². The largest absolute Gasteiger partial charge is 0.497 e. The number of thioether (sulfide) groups is 1. The molecule has 0 unspecified atom stereocenters. The van der Waals surface area contributed by atoms with Crippen LogP contribution >= 0.6 is 11.8 Å². The molecule has 1 aromatic rings. The number of anilines is 1. The van der Waals surface area contributed by atoms with Gasteiger partial charge in [0.15, 0.2) is 0 Å². The summed E-state index contributed by atoms with van der Waals surface area (Å²) in [4.78, 5) is 12.4. The lowest BCUT2D eigenvalue weighted by molar-refractivity contribution is -0.151. The molecular weight excluding hydrogens is 250 g/mol. The van der Waals surface area contributed by atoms with Crippen molar-refractivity contribution in [3.8, 4) is 5.75 Å². The molecule has 0 fully saturated rings. The third-order valence-corrected chi connectivity index (χ3v) is 3.03. The number of carbonyl (C=O) groups excluding carboxylic acids is 1. The number of rotatable bonds is 4. The van der Waals surface area contributed by atoms with Crippen LogP contribution in [0.4, 0.5) is 5.69 Å². The van der Waals surface area contributed by atoms with Gasteiger partial charge in [-0.2, -0.15) is 0 Å². The molecule has 0 saturated heterocycles. The van der Waals surface area contributed by atoms with Crippen molar-refractivity contribution in [3.05, 3.63) is 18.2 Å². The molecule has 4 nitrogen and oxygen atoms in total. The van der Waals surface area contributed by atoms with E-state index >= 15 is 0 Å². The predicted molar refractivity (Wildman–Crippen MR) is 74.0 cm³/mol. The molecule has 0 aromatic heterocycles. The van der Waals surface area contributed by atoms with Crippen molar-refractivity contribution in [1.82, 2.24) is 0 Å². The van der Waals surface area contributed by atoms with Crippen molar-refractivity contribution in [2.24, 2.45) is 0 Å². The lowest BCUT2D eigenvalue weighted by Crippen LogP contribution is -2.24. The summed E-state index contributed by atoms with van der Waals surface area (Å²) in [5.74, 6) is 0.694. The highest BCUT2D eigenvalue weighted by Gasteiger charge is 2.16. The summed E-state index contributed by atoms with van der Waals surface area (Å²) in [5, 5.41) is 0. The van der Waals surface area contributed by atoms with Gasteiger partial charge in [0, 0.05) is 10.6 Å². The van der Waals surface area contributed by atoms with E-state index < -0.39 is 5.60 Å². The molecule has 0 aliphatic rings. The van der Waals surface area contributed by atoms with Crippen molar-refractivity contribution >= 4 is 23.4 Å². The monoisotopic (exact) mass is 269 g/mol. The fourth-order valence-electron chi connectivity index (χ4n) is 1.27. The number of hydrogen-bond acceptors (Lipinski definition) is 5. The van der Waals surface area contributed by atoms with Gasteiger partial charge in [0.1, 0.15) is 11.4 Å². The molecule has 100 valence electrons. The summed E-state index contributed by atoms with van der Waals surface area (Å²) in [7, 11) is 1.59. The number of esters is 1. The van der Waals surface area contributed by atoms with E-state index in [0.29, 0.717) is 5.69 Å². The van der Waals surface area contributed by atoms with Crippen molar-refractivity contribution in [2.45, 2.75) is 31.3 Å². The third-order valence-electron chi connectivity index (χ3n) is 1.99. The average Bonchev–Trinajstić information content (AvgIpc) is 2.25. The summed E-state index contributed by atoms with van der Waals surface area (Å²) in [6, 6.07) is 5.35. The topological polar surface area (TPSA) is 61.5 Å². The third kappa shape index (κ3) is 4.87. The zero-order valence-corrected chi connectivity index (χ0v) is 12.0. The van der Waals surface area contributed by atoms with Crippen molar-refractivity contribution in [2.75, 3.05) is 18.6 Å². The van der Waals surface area contributed by atoms with Crippen LogP contribution in [0.3, 0.4) is 0 Å². The number of nitrogen functional groups attached to an aromatic ring is 1. The van der Waals surface area contributed by atoms with Crippen LogP contribution in [0, 0.1) is 0 Å². The first kappa shape index (κ1) is 14.7. The van der Waals surface area contributed by atoms with E-state index in [1.807, 2.05) is 26.8 Å². The zero-order valence-electron chi connectivity index (χ0n) is 11.1. The molecule has 1 rings (SSSR count).